The normalized spacial score (nSPS) is 22.0. The Morgan fingerprint density at radius 2 is 1.28 bits per heavy atom. The number of rotatable bonds is 6. The summed E-state index contributed by atoms with van der Waals surface area (Å²) in [6.07, 6.45) is -7.65. The van der Waals surface area contributed by atoms with Gasteiger partial charge in [-0.1, -0.05) is 24.3 Å². The highest BCUT2D eigenvalue weighted by molar-refractivity contribution is 5.76. The van der Waals surface area contributed by atoms with Crippen LogP contribution in [0.5, 0.6) is 23.1 Å². The zero-order chi connectivity index (χ0) is 27.6. The van der Waals surface area contributed by atoms with Crippen molar-refractivity contribution >= 4 is 11.0 Å². The van der Waals surface area contributed by atoms with Crippen LogP contribution in [0.2, 0.25) is 0 Å². The Hall–Kier alpha value is -3.98. The molecule has 3 N–H and O–H groups in total. The Balaban J connectivity index is 1.17. The molecule has 14 heteroatoms. The molecule has 2 aliphatic heterocycles. The van der Waals surface area contributed by atoms with Crippen molar-refractivity contribution in [3.8, 4) is 23.1 Å². The summed E-state index contributed by atoms with van der Waals surface area (Å²) in [5.74, 6) is 1.03. The van der Waals surface area contributed by atoms with Gasteiger partial charge >= 0.3 is 12.4 Å². The average Bonchev–Trinajstić information content (AvgIpc) is 3.80. The molecule has 0 aliphatic carbocycles. The molecular weight excluding hydrogens is 530 g/mol. The predicted molar refractivity (Wildman–Crippen MR) is 125 cm³/mol. The van der Waals surface area contributed by atoms with Gasteiger partial charge in [-0.05, 0) is 47.5 Å². The van der Waals surface area contributed by atoms with Crippen LogP contribution >= 0.6 is 0 Å². The van der Waals surface area contributed by atoms with Crippen LogP contribution in [0, 0.1) is 0 Å². The molecule has 39 heavy (non-hydrogen) atoms. The molecule has 2 aliphatic rings. The second kappa shape index (κ2) is 8.51. The molecule has 2 atom stereocenters. The lowest BCUT2D eigenvalue weighted by atomic mass is 10.0. The van der Waals surface area contributed by atoms with Gasteiger partial charge in [-0.2, -0.15) is 26.3 Å². The first kappa shape index (κ1) is 25.3. The van der Waals surface area contributed by atoms with Gasteiger partial charge in [0, 0.05) is 13.1 Å². The second-order valence-electron chi connectivity index (χ2n) is 8.99. The van der Waals surface area contributed by atoms with E-state index in [0.717, 1.165) is 5.01 Å². The van der Waals surface area contributed by atoms with Crippen LogP contribution in [0.25, 0.3) is 11.0 Å². The number of halogens is 6. The van der Waals surface area contributed by atoms with Gasteiger partial charge < -0.3 is 9.47 Å². The van der Waals surface area contributed by atoms with E-state index >= 15 is 0 Å². The minimum atomic E-state index is -4.52. The summed E-state index contributed by atoms with van der Waals surface area (Å²) in [6, 6.07) is 15.8. The largest absolute Gasteiger partial charge is 0.457 e. The number of hydrogen-bond acceptors (Lipinski definition) is 8. The van der Waals surface area contributed by atoms with E-state index in [1.807, 2.05) is 0 Å². The predicted octanol–water partition coefficient (Wildman–Crippen LogP) is 5.20. The molecule has 3 aromatic carbocycles. The molecule has 0 bridgehead atoms. The molecule has 0 amide bonds. The van der Waals surface area contributed by atoms with E-state index in [9.17, 15) is 26.3 Å². The molecule has 0 radical (unpaired) electrons. The van der Waals surface area contributed by atoms with Crippen molar-refractivity contribution in [3.63, 3.8) is 0 Å². The standard InChI is InChI=1S/C25H18F6N6O2/c1-37-23(36-37,25(29,30)31)15-4-8-16(9-5-15)38-18-10-11-19-20(12-18)33-21(13-32-19)39-17-6-2-14(3-7-17)22(34-35-22)24(26,27)28/h2-13,34-36H,1H3. The van der Waals surface area contributed by atoms with Gasteiger partial charge in [0.25, 0.3) is 0 Å². The number of alkyl halides is 6. The number of aromatic nitrogens is 2. The van der Waals surface area contributed by atoms with Gasteiger partial charge in [0.1, 0.15) is 17.2 Å². The van der Waals surface area contributed by atoms with Crippen LogP contribution in [0.1, 0.15) is 11.1 Å². The summed E-state index contributed by atoms with van der Waals surface area (Å²) in [5, 5.41) is 0.986. The molecule has 6 rings (SSSR count). The van der Waals surface area contributed by atoms with E-state index in [0.29, 0.717) is 22.5 Å². The smallest absolute Gasteiger partial charge is 0.426 e. The monoisotopic (exact) mass is 548 g/mol. The zero-order valence-electron chi connectivity index (χ0n) is 19.9. The van der Waals surface area contributed by atoms with Crippen molar-refractivity contribution in [1.29, 1.82) is 0 Å². The molecular formula is C25H18F6N6O2. The SMILES string of the molecule is CN1NC1(c1ccc(Oc2ccc3ncc(Oc4ccc(C5(C(F)(F)F)NN5)cc4)nc3c2)cc1)C(F)(F)F. The Bertz CT molecular complexity index is 1540. The van der Waals surface area contributed by atoms with Gasteiger partial charge in [0.05, 0.1) is 17.2 Å². The van der Waals surface area contributed by atoms with E-state index in [1.165, 1.54) is 61.8 Å². The Labute approximate surface area is 216 Å². The number of benzene rings is 3. The minimum Gasteiger partial charge on any atom is -0.457 e. The minimum absolute atomic E-state index is 0.0178. The Morgan fingerprint density at radius 3 is 1.82 bits per heavy atom. The van der Waals surface area contributed by atoms with E-state index in [2.05, 4.69) is 26.2 Å². The molecule has 2 unspecified atom stereocenters. The molecule has 1 aromatic heterocycles. The van der Waals surface area contributed by atoms with Gasteiger partial charge in [-0.15, -0.1) is 0 Å². The number of ether oxygens (including phenoxy) is 2. The first-order chi connectivity index (χ1) is 18.4. The average molecular weight is 548 g/mol. The molecule has 3 heterocycles. The number of hydrazine groups is 2. The third-order valence-corrected chi connectivity index (χ3v) is 6.50. The number of nitrogens with one attached hydrogen (secondary N) is 3. The van der Waals surface area contributed by atoms with E-state index in [-0.39, 0.29) is 22.8 Å². The summed E-state index contributed by atoms with van der Waals surface area (Å²) < 4.78 is 91.7. The maximum atomic E-state index is 13.5. The van der Waals surface area contributed by atoms with Crippen LogP contribution < -0.4 is 25.8 Å². The van der Waals surface area contributed by atoms with Crippen molar-refractivity contribution < 1.29 is 35.8 Å². The van der Waals surface area contributed by atoms with Gasteiger partial charge in [-0.25, -0.2) is 31.3 Å². The summed E-state index contributed by atoms with van der Waals surface area (Å²) in [6.45, 7) is 0. The van der Waals surface area contributed by atoms with E-state index < -0.39 is 23.7 Å². The summed E-state index contributed by atoms with van der Waals surface area (Å²) in [5.41, 5.74) is 3.05. The molecule has 0 spiro atoms. The number of nitrogens with zero attached hydrogens (tertiary/aromatic N) is 3. The number of fused-ring (bicyclic) bond motifs is 1. The van der Waals surface area contributed by atoms with Crippen molar-refractivity contribution in [1.82, 2.24) is 31.3 Å². The van der Waals surface area contributed by atoms with Gasteiger partial charge in [0.15, 0.2) is 0 Å². The van der Waals surface area contributed by atoms with Gasteiger partial charge in [-0.3, -0.25) is 0 Å². The summed E-state index contributed by atoms with van der Waals surface area (Å²) >= 11 is 0. The third kappa shape index (κ3) is 4.30. The molecule has 202 valence electrons. The topological polar surface area (TPSA) is 113 Å². The third-order valence-electron chi connectivity index (χ3n) is 6.50. The highest BCUT2D eigenvalue weighted by Gasteiger charge is 2.69. The number of hydrogen-bond donors (Lipinski definition) is 3. The zero-order valence-corrected chi connectivity index (χ0v) is 19.9. The van der Waals surface area contributed by atoms with Crippen LogP contribution in [-0.4, -0.2) is 34.4 Å². The first-order valence-electron chi connectivity index (χ1n) is 11.4. The van der Waals surface area contributed by atoms with Crippen LogP contribution in [0.3, 0.4) is 0 Å². The van der Waals surface area contributed by atoms with Crippen LogP contribution in [-0.2, 0) is 11.3 Å². The quantitative estimate of drug-likeness (QED) is 0.223. The lowest BCUT2D eigenvalue weighted by molar-refractivity contribution is -0.174. The van der Waals surface area contributed by atoms with Crippen molar-refractivity contribution in [2.24, 2.45) is 0 Å². The fourth-order valence-electron chi connectivity index (χ4n) is 4.29. The maximum Gasteiger partial charge on any atom is 0.426 e. The summed E-state index contributed by atoms with van der Waals surface area (Å²) in [4.78, 5) is 8.65. The lowest BCUT2D eigenvalue weighted by Gasteiger charge is -2.18. The molecule has 0 saturated carbocycles. The Kier molecular flexibility index (Phi) is 5.52. The fraction of sp³-hybridized carbons (Fsp3) is 0.200. The van der Waals surface area contributed by atoms with Gasteiger partial charge in [0.2, 0.25) is 17.2 Å². The molecule has 2 saturated heterocycles. The molecule has 4 aromatic rings. The summed E-state index contributed by atoms with van der Waals surface area (Å²) in [7, 11) is 1.31. The first-order valence-corrected chi connectivity index (χ1v) is 11.4. The van der Waals surface area contributed by atoms with E-state index in [4.69, 9.17) is 9.47 Å². The fourth-order valence-corrected chi connectivity index (χ4v) is 4.29. The van der Waals surface area contributed by atoms with Crippen molar-refractivity contribution in [3.05, 3.63) is 84.1 Å². The van der Waals surface area contributed by atoms with Crippen LogP contribution in [0.15, 0.2) is 72.9 Å². The van der Waals surface area contributed by atoms with Crippen molar-refractivity contribution in [2.75, 3.05) is 7.05 Å². The maximum absolute atomic E-state index is 13.5. The Morgan fingerprint density at radius 1 is 0.718 bits per heavy atom. The highest BCUT2D eigenvalue weighted by Crippen LogP contribution is 2.49. The molecule has 2 fully saturated rings. The van der Waals surface area contributed by atoms with Crippen LogP contribution in [0.4, 0.5) is 26.3 Å². The lowest BCUT2D eigenvalue weighted by Crippen LogP contribution is -2.35. The molecule has 8 nitrogen and oxygen atoms in total. The highest BCUT2D eigenvalue weighted by atomic mass is 19.4. The van der Waals surface area contributed by atoms with E-state index in [1.54, 1.807) is 18.2 Å². The van der Waals surface area contributed by atoms with Crippen molar-refractivity contribution in [2.45, 2.75) is 23.7 Å². The second-order valence-corrected chi connectivity index (χ2v) is 8.99.